The Hall–Kier alpha value is 5.81. The van der Waals surface area contributed by atoms with E-state index in [1.54, 1.807) is 24.3 Å². The molecule has 4 aliphatic rings. The summed E-state index contributed by atoms with van der Waals surface area (Å²) in [5.41, 5.74) is -1.41. The Kier molecular flexibility index (Phi) is 22.9. The molecule has 2 bridgehead atoms. The van der Waals surface area contributed by atoms with Crippen LogP contribution in [0, 0.1) is 22.7 Å². The van der Waals surface area contributed by atoms with E-state index in [0.29, 0.717) is 18.4 Å². The molecule has 3 aliphatic carbocycles. The fourth-order valence-electron chi connectivity index (χ4n) is 9.48. The van der Waals surface area contributed by atoms with Gasteiger partial charge in [0.15, 0.2) is 11.7 Å². The molecule has 1 N–H and O–H groups in total. The average Bonchev–Trinajstić information content (AvgIpc) is 3.14. The van der Waals surface area contributed by atoms with E-state index in [-0.39, 0.29) is 6.61 Å². The lowest BCUT2D eigenvalue weighted by molar-refractivity contribution is -0.351. The molecule has 1 aromatic rings. The Morgan fingerprint density at radius 2 is 1.36 bits per heavy atom. The molecule has 0 spiro atoms. The van der Waals surface area contributed by atoms with Crippen molar-refractivity contribution in [1.29, 1.82) is 0 Å². The molecule has 0 radical (unpaired) electrons. The highest BCUT2D eigenvalue weighted by Gasteiger charge is 2.76. The van der Waals surface area contributed by atoms with E-state index in [1.807, 2.05) is 13.0 Å². The Labute approximate surface area is 397 Å². The number of aliphatic hydroxyl groups excluding tert-OH is 1. The largest absolute Gasteiger partial charge is 0.458 e. The van der Waals surface area contributed by atoms with Crippen molar-refractivity contribution in [1.82, 2.24) is 0 Å². The Balaban J connectivity index is 1.87. The van der Waals surface area contributed by atoms with Crippen molar-refractivity contribution in [3.63, 3.8) is 0 Å². The quantitative estimate of drug-likeness (QED) is 0.0785. The SMILES string of the molecule is CC(=O)O[C@@H]1C2=C(C)[C@@H](OP(P(P)P(P)P)P(P(P)P)P(P)P)CC([C@@H](OC(=O)c3ccccc3)C3[C@@](C)([C@@H](OP(P(P)P)P(P)P)C[C@H]4OC[C@@]34OC(C)=O)[C@@H]1O)C2(C)C. The Morgan fingerprint density at radius 1 is 0.770 bits per heavy atom. The van der Waals surface area contributed by atoms with Crippen LogP contribution in [0.15, 0.2) is 41.5 Å². The summed E-state index contributed by atoms with van der Waals surface area (Å²) in [7, 11) is 31.1. The summed E-state index contributed by atoms with van der Waals surface area (Å²) in [6.07, 6.45) is -4.46. The molecular formula is C31H60O10P20. The molecule has 3 fully saturated rings. The van der Waals surface area contributed by atoms with Crippen molar-refractivity contribution in [3.05, 3.63) is 47.0 Å². The van der Waals surface area contributed by atoms with Crippen molar-refractivity contribution < 1.29 is 47.5 Å². The van der Waals surface area contributed by atoms with Crippen molar-refractivity contribution in [2.75, 3.05) is 6.61 Å². The van der Waals surface area contributed by atoms with Gasteiger partial charge in [-0.2, -0.15) is 0 Å². The highest BCUT2D eigenvalue weighted by atomic mass is 33.2. The van der Waals surface area contributed by atoms with E-state index in [2.05, 4.69) is 119 Å². The molecule has 1 heterocycles. The third kappa shape index (κ3) is 12.4. The molecule has 0 amide bonds. The van der Waals surface area contributed by atoms with Crippen LogP contribution in [0.25, 0.3) is 0 Å². The van der Waals surface area contributed by atoms with Crippen LogP contribution in [0.3, 0.4) is 0 Å². The molecule has 61 heavy (non-hydrogen) atoms. The normalized spacial score (nSPS) is 33.3. The summed E-state index contributed by atoms with van der Waals surface area (Å²) in [6.45, 7) is 6.80. The van der Waals surface area contributed by atoms with Gasteiger partial charge in [-0.25, -0.2) is 4.79 Å². The number of esters is 3. The molecule has 2 saturated carbocycles. The van der Waals surface area contributed by atoms with Gasteiger partial charge in [0.2, 0.25) is 0 Å². The number of hydrogen-bond acceptors (Lipinski definition) is 10. The minimum absolute atomic E-state index is 0.0364. The zero-order valence-electron chi connectivity index (χ0n) is 34.6. The van der Waals surface area contributed by atoms with Crippen molar-refractivity contribution in [2.45, 2.75) is 96.6 Å². The molecule has 23 atom stereocenters. The van der Waals surface area contributed by atoms with Crippen molar-refractivity contribution in [2.24, 2.45) is 22.7 Å². The second-order valence-electron chi connectivity index (χ2n) is 16.0. The van der Waals surface area contributed by atoms with Gasteiger partial charge in [-0.05, 0) is 77.0 Å². The van der Waals surface area contributed by atoms with E-state index in [1.165, 1.54) is 13.8 Å². The summed E-state index contributed by atoms with van der Waals surface area (Å²) in [5, 5.41) is 13.5. The first-order valence-electron chi connectivity index (χ1n) is 18.7. The monoisotopic (exact) mass is 1210 g/mol. The van der Waals surface area contributed by atoms with Crippen LogP contribution in [0.2, 0.25) is 0 Å². The van der Waals surface area contributed by atoms with Crippen LogP contribution in [0.1, 0.15) is 64.7 Å². The fourth-order valence-corrected chi connectivity index (χ4v) is 138. The van der Waals surface area contributed by atoms with Gasteiger partial charge >= 0.3 is 17.9 Å². The predicted molar refractivity (Wildman–Crippen MR) is 311 cm³/mol. The zero-order chi connectivity index (χ0) is 45.7. The fraction of sp³-hybridized carbons (Fsp3) is 0.645. The van der Waals surface area contributed by atoms with Crippen LogP contribution in [-0.4, -0.2) is 71.8 Å². The van der Waals surface area contributed by atoms with Gasteiger partial charge in [-0.3, -0.25) is 9.59 Å². The number of fused-ring (bicyclic) bond motifs is 5. The maximum absolute atomic E-state index is 14.7. The molecule has 10 nitrogen and oxygen atoms in total. The summed E-state index contributed by atoms with van der Waals surface area (Å²) < 4.78 is 41.2. The lowest BCUT2D eigenvalue weighted by Crippen LogP contribution is -2.80. The van der Waals surface area contributed by atoms with Crippen molar-refractivity contribution in [3.8, 4) is 0 Å². The van der Waals surface area contributed by atoms with Crippen LogP contribution >= 0.6 is 162 Å². The Morgan fingerprint density at radius 3 is 1.84 bits per heavy atom. The summed E-state index contributed by atoms with van der Waals surface area (Å²) in [6, 6.07) is 8.91. The first-order chi connectivity index (χ1) is 28.3. The van der Waals surface area contributed by atoms with E-state index >= 15 is 0 Å². The molecule has 30 heteroatoms. The lowest BCUT2D eigenvalue weighted by Gasteiger charge is -2.68. The number of carbonyl (C=O) groups excluding carboxylic acids is 3. The molecule has 15 unspecified atom stereocenters. The molecule has 1 aromatic carbocycles. The number of hydrogen-bond donors (Lipinski definition) is 1. The second kappa shape index (κ2) is 24.2. The Bertz CT molecular complexity index is 1760. The van der Waals surface area contributed by atoms with E-state index in [9.17, 15) is 19.5 Å². The van der Waals surface area contributed by atoms with Gasteiger partial charge in [-0.15, -0.1) is 89.3 Å². The van der Waals surface area contributed by atoms with Crippen LogP contribution < -0.4 is 0 Å². The predicted octanol–water partition coefficient (Wildman–Crippen LogP) is 14.6. The smallest absolute Gasteiger partial charge is 0.338 e. The molecular weight excluding hydrogens is 1150 g/mol. The van der Waals surface area contributed by atoms with Gasteiger partial charge in [0, 0.05) is 45.6 Å². The minimum atomic E-state index is -1.40. The zero-order valence-corrected chi connectivity index (χ0v) is 55.4. The standard InChI is InChI=1S/C31H60O10P20/c1-15-20(40-54(60(52)57(46)47)61(58(48)49)59(50)51)12-19-24(38-28(35)18-10-8-7-9-11-18)26-30(6,27(34)25(37-16(2)32)23(15)29(19,4)5)21(41-53(55(42)43)56(44)45)13-22-31(26,14-36-22)39-17(3)33/h7-11,19-22,24-27,34H,12-14,42-52H2,1-6H3/t19?,20-,21-,22+,24+,25+,26?,27+,30+,31-,54?,60?/m0/s1. The first kappa shape index (κ1) is 57.7. The lowest BCUT2D eigenvalue weighted by atomic mass is 9.45. The summed E-state index contributed by atoms with van der Waals surface area (Å²) in [5.74, 6) is -2.91. The van der Waals surface area contributed by atoms with Gasteiger partial charge in [0.25, 0.3) is 0 Å². The third-order valence-electron chi connectivity index (χ3n) is 12.0. The average molecular weight is 1210 g/mol. The summed E-state index contributed by atoms with van der Waals surface area (Å²) in [4.78, 5) is 41.5. The minimum Gasteiger partial charge on any atom is -0.458 e. The van der Waals surface area contributed by atoms with Gasteiger partial charge in [-0.1, -0.05) is 47.9 Å². The molecule has 344 valence electrons. The van der Waals surface area contributed by atoms with Gasteiger partial charge in [0.1, 0.15) is 18.3 Å². The van der Waals surface area contributed by atoms with E-state index < -0.39 is 147 Å². The van der Waals surface area contributed by atoms with E-state index in [0.717, 1.165) is 11.1 Å². The highest BCUT2D eigenvalue weighted by Crippen LogP contribution is 3.17. The summed E-state index contributed by atoms with van der Waals surface area (Å²) >= 11 is 0. The number of aliphatic hydroxyl groups is 1. The topological polar surface area (TPSA) is 127 Å². The number of benzene rings is 1. The van der Waals surface area contributed by atoms with E-state index in [4.69, 9.17) is 28.0 Å². The van der Waals surface area contributed by atoms with Gasteiger partial charge in [0.05, 0.1) is 45.3 Å². The van der Waals surface area contributed by atoms with Crippen LogP contribution in [0.4, 0.5) is 0 Å². The van der Waals surface area contributed by atoms with Gasteiger partial charge < -0.3 is 33.1 Å². The number of rotatable bonds is 15. The highest BCUT2D eigenvalue weighted by molar-refractivity contribution is 9.19. The molecule has 5 rings (SSSR count). The van der Waals surface area contributed by atoms with Crippen molar-refractivity contribution >= 4 is 180 Å². The molecule has 0 aromatic heterocycles. The molecule has 1 aliphatic heterocycles. The number of ether oxygens (including phenoxy) is 4. The second-order valence-corrected chi connectivity index (χ2v) is 88.4. The number of carbonyl (C=O) groups is 3. The van der Waals surface area contributed by atoms with Crippen LogP contribution in [0.5, 0.6) is 0 Å². The van der Waals surface area contributed by atoms with Crippen LogP contribution in [-0.2, 0) is 37.6 Å². The molecule has 1 saturated heterocycles. The maximum Gasteiger partial charge on any atom is 0.338 e. The maximum atomic E-state index is 14.7. The first-order valence-corrected chi connectivity index (χ1v) is 53.4. The third-order valence-corrected chi connectivity index (χ3v) is 105.